The Balaban J connectivity index is 0. The number of amides is 1. The summed E-state index contributed by atoms with van der Waals surface area (Å²) in [6.07, 6.45) is 0. The van der Waals surface area contributed by atoms with Crippen molar-refractivity contribution in [3.63, 3.8) is 0 Å². The first-order valence-electron chi connectivity index (χ1n) is 5.66. The minimum Gasteiger partial charge on any atom is -0.370 e. The molecule has 0 aromatic carbocycles. The number of halogens is 1. The van der Waals surface area contributed by atoms with Gasteiger partial charge in [-0.15, -0.1) is 24.0 Å². The predicted octanol–water partition coefficient (Wildman–Crippen LogP) is 1.03. The highest BCUT2D eigenvalue weighted by atomic mass is 127. The highest BCUT2D eigenvalue weighted by Gasteiger charge is 2.26. The fraction of sp³-hybridized carbons (Fsp3) is 0.818. The summed E-state index contributed by atoms with van der Waals surface area (Å²) in [7, 11) is 1.63. The van der Waals surface area contributed by atoms with Gasteiger partial charge in [-0.3, -0.25) is 9.79 Å². The Bertz CT molecular complexity index is 262. The van der Waals surface area contributed by atoms with E-state index in [1.165, 1.54) is 0 Å². The van der Waals surface area contributed by atoms with Crippen molar-refractivity contribution in [3.8, 4) is 0 Å². The molecule has 1 amide bonds. The van der Waals surface area contributed by atoms with Gasteiger partial charge in [0.05, 0.1) is 12.0 Å². The molecule has 0 aliphatic heterocycles. The molecule has 0 bridgehead atoms. The van der Waals surface area contributed by atoms with Crippen LogP contribution >= 0.6 is 24.0 Å². The lowest BCUT2D eigenvalue weighted by Gasteiger charge is -2.23. The maximum absolute atomic E-state index is 11.5. The maximum Gasteiger partial charge on any atom is 0.227 e. The van der Waals surface area contributed by atoms with Crippen LogP contribution in [0, 0.1) is 5.41 Å². The topological polar surface area (TPSA) is 70.7 Å². The molecule has 0 atom stereocenters. The molecule has 0 aliphatic carbocycles. The van der Waals surface area contributed by atoms with Gasteiger partial charge in [-0.2, -0.15) is 0 Å². The highest BCUT2D eigenvalue weighted by Crippen LogP contribution is 2.15. The van der Waals surface area contributed by atoms with E-state index < -0.39 is 5.41 Å². The monoisotopic (exact) mass is 356 g/mol. The summed E-state index contributed by atoms with van der Waals surface area (Å²) in [5, 5.41) is 2.62. The summed E-state index contributed by atoms with van der Waals surface area (Å²) >= 11 is 0. The normalized spacial score (nSPS) is 11.7. The zero-order chi connectivity index (χ0) is 12.8. The fourth-order valence-electron chi connectivity index (χ4n) is 1.34. The Morgan fingerprint density at radius 2 is 1.82 bits per heavy atom. The number of rotatable bonds is 5. The van der Waals surface area contributed by atoms with Gasteiger partial charge in [-0.25, -0.2) is 0 Å². The van der Waals surface area contributed by atoms with E-state index in [0.29, 0.717) is 12.5 Å². The summed E-state index contributed by atoms with van der Waals surface area (Å²) in [5.74, 6) is 0.477. The smallest absolute Gasteiger partial charge is 0.227 e. The van der Waals surface area contributed by atoms with E-state index in [1.807, 2.05) is 32.6 Å². The van der Waals surface area contributed by atoms with Crippen molar-refractivity contribution in [1.29, 1.82) is 0 Å². The lowest BCUT2D eigenvalue weighted by atomic mass is 9.93. The van der Waals surface area contributed by atoms with Gasteiger partial charge in [0.2, 0.25) is 5.91 Å². The van der Waals surface area contributed by atoms with Crippen molar-refractivity contribution < 1.29 is 4.79 Å². The second-order valence-corrected chi connectivity index (χ2v) is 4.31. The van der Waals surface area contributed by atoms with Crippen molar-refractivity contribution in [2.45, 2.75) is 27.7 Å². The molecule has 3 N–H and O–H groups in total. The number of nitrogens with one attached hydrogen (secondary N) is 1. The van der Waals surface area contributed by atoms with Gasteiger partial charge in [-0.05, 0) is 27.7 Å². The number of carbonyl (C=O) groups excluding carboxylic acids is 1. The Labute approximate surface area is 121 Å². The van der Waals surface area contributed by atoms with Crippen LogP contribution in [0.5, 0.6) is 0 Å². The minimum atomic E-state index is -0.521. The van der Waals surface area contributed by atoms with Crippen LogP contribution in [0.1, 0.15) is 27.7 Å². The van der Waals surface area contributed by atoms with Crippen molar-refractivity contribution in [2.24, 2.45) is 16.1 Å². The third kappa shape index (κ3) is 6.09. The molecule has 0 heterocycles. The summed E-state index contributed by atoms with van der Waals surface area (Å²) in [6, 6.07) is 0. The van der Waals surface area contributed by atoms with E-state index >= 15 is 0 Å². The van der Waals surface area contributed by atoms with Gasteiger partial charge < -0.3 is 16.0 Å². The minimum absolute atomic E-state index is 0. The summed E-state index contributed by atoms with van der Waals surface area (Å²) in [5.41, 5.74) is 5.31. The molecule has 0 aromatic heterocycles. The quantitative estimate of drug-likeness (QED) is 0.439. The SMILES string of the molecule is CCN(CC)C(N)=NCC(C)(C)C(=O)NC.I. The highest BCUT2D eigenvalue weighted by molar-refractivity contribution is 14.0. The van der Waals surface area contributed by atoms with Crippen LogP contribution in [-0.4, -0.2) is 43.4 Å². The Morgan fingerprint density at radius 3 is 2.18 bits per heavy atom. The van der Waals surface area contributed by atoms with Crippen LogP contribution in [0.15, 0.2) is 4.99 Å². The van der Waals surface area contributed by atoms with Crippen LogP contribution in [0.4, 0.5) is 0 Å². The average Bonchev–Trinajstić information content (AvgIpc) is 2.27. The van der Waals surface area contributed by atoms with Crippen molar-refractivity contribution in [2.75, 3.05) is 26.7 Å². The molecule has 102 valence electrons. The second kappa shape index (κ2) is 8.54. The van der Waals surface area contributed by atoms with E-state index in [0.717, 1.165) is 13.1 Å². The molecule has 0 unspecified atom stereocenters. The van der Waals surface area contributed by atoms with E-state index in [4.69, 9.17) is 5.73 Å². The molecule has 17 heavy (non-hydrogen) atoms. The van der Waals surface area contributed by atoms with Gasteiger partial charge in [0.15, 0.2) is 5.96 Å². The summed E-state index contributed by atoms with van der Waals surface area (Å²) in [4.78, 5) is 17.7. The van der Waals surface area contributed by atoms with Crippen LogP contribution in [0.2, 0.25) is 0 Å². The molecule has 0 spiro atoms. The molecular formula is C11H25IN4O. The van der Waals surface area contributed by atoms with Crippen molar-refractivity contribution in [1.82, 2.24) is 10.2 Å². The van der Waals surface area contributed by atoms with Gasteiger partial charge >= 0.3 is 0 Å². The molecule has 0 aromatic rings. The molecule has 0 aliphatic rings. The van der Waals surface area contributed by atoms with Gasteiger partial charge in [0, 0.05) is 20.1 Å². The van der Waals surface area contributed by atoms with Gasteiger partial charge in [-0.1, -0.05) is 0 Å². The van der Waals surface area contributed by atoms with Crippen molar-refractivity contribution in [3.05, 3.63) is 0 Å². The molecule has 0 radical (unpaired) electrons. The standard InChI is InChI=1S/C11H24N4O.HI/c1-6-15(7-2)10(12)14-8-11(3,4)9(16)13-5;/h6-8H2,1-5H3,(H2,12,14)(H,13,16);1H. The molecule has 0 fully saturated rings. The molecular weight excluding hydrogens is 331 g/mol. The van der Waals surface area contributed by atoms with Gasteiger partial charge in [0.1, 0.15) is 0 Å². The Kier molecular flexibility index (Phi) is 9.46. The first kappa shape index (κ1) is 18.8. The Hall–Kier alpha value is -0.530. The lowest BCUT2D eigenvalue weighted by molar-refractivity contribution is -0.128. The number of aliphatic imine (C=N–C) groups is 1. The molecule has 5 nitrogen and oxygen atoms in total. The zero-order valence-electron chi connectivity index (χ0n) is 11.4. The number of hydrogen-bond donors (Lipinski definition) is 2. The number of nitrogens with two attached hydrogens (primary N) is 1. The molecule has 0 saturated heterocycles. The first-order chi connectivity index (χ1) is 7.38. The van der Waals surface area contributed by atoms with E-state index in [1.54, 1.807) is 7.05 Å². The van der Waals surface area contributed by atoms with Crippen LogP contribution in [-0.2, 0) is 4.79 Å². The summed E-state index contributed by atoms with van der Waals surface area (Å²) in [6.45, 7) is 9.80. The third-order valence-corrected chi connectivity index (χ3v) is 2.57. The molecule has 0 rings (SSSR count). The van der Waals surface area contributed by atoms with Crippen LogP contribution in [0.3, 0.4) is 0 Å². The maximum atomic E-state index is 11.5. The number of guanidine groups is 1. The summed E-state index contributed by atoms with van der Waals surface area (Å²) < 4.78 is 0. The van der Waals surface area contributed by atoms with Crippen LogP contribution < -0.4 is 11.1 Å². The number of nitrogens with zero attached hydrogens (tertiary/aromatic N) is 2. The second-order valence-electron chi connectivity index (χ2n) is 4.31. The number of hydrogen-bond acceptors (Lipinski definition) is 2. The third-order valence-electron chi connectivity index (χ3n) is 2.57. The average molecular weight is 356 g/mol. The van der Waals surface area contributed by atoms with Crippen molar-refractivity contribution >= 4 is 35.8 Å². The van der Waals surface area contributed by atoms with Crippen LogP contribution in [0.25, 0.3) is 0 Å². The van der Waals surface area contributed by atoms with E-state index in [-0.39, 0.29) is 29.9 Å². The largest absolute Gasteiger partial charge is 0.370 e. The lowest BCUT2D eigenvalue weighted by Crippen LogP contribution is -2.40. The predicted molar refractivity (Wildman–Crippen MR) is 82.7 cm³/mol. The molecule has 0 saturated carbocycles. The van der Waals surface area contributed by atoms with E-state index in [9.17, 15) is 4.79 Å². The number of carbonyl (C=O) groups is 1. The molecule has 6 heteroatoms. The van der Waals surface area contributed by atoms with Gasteiger partial charge in [0.25, 0.3) is 0 Å². The zero-order valence-corrected chi connectivity index (χ0v) is 13.7. The fourth-order valence-corrected chi connectivity index (χ4v) is 1.34. The van der Waals surface area contributed by atoms with E-state index in [2.05, 4.69) is 10.3 Å². The first-order valence-corrected chi connectivity index (χ1v) is 5.66. The Morgan fingerprint density at radius 1 is 1.35 bits per heavy atom.